The molecule has 0 aliphatic heterocycles. The summed E-state index contributed by atoms with van der Waals surface area (Å²) in [6.45, 7) is 3.96. The molecule has 0 radical (unpaired) electrons. The van der Waals surface area contributed by atoms with Crippen molar-refractivity contribution in [2.24, 2.45) is 0 Å². The number of nitrogens with zero attached hydrogens (tertiary/aromatic N) is 1. The molecule has 0 fully saturated rings. The quantitative estimate of drug-likeness (QED) is 0.691. The Balaban J connectivity index is 2.41. The van der Waals surface area contributed by atoms with Gasteiger partial charge in [0.2, 0.25) is 5.56 Å². The molecule has 0 aliphatic rings. The van der Waals surface area contributed by atoms with Gasteiger partial charge in [-0.1, -0.05) is 11.6 Å². The smallest absolute Gasteiger partial charge is 0.249 e. The molecule has 3 aromatic rings. The van der Waals surface area contributed by atoms with Crippen molar-refractivity contribution in [2.75, 3.05) is 6.61 Å². The molecule has 0 bridgehead atoms. The normalized spacial score (nSPS) is 13.1. The molecule has 2 heterocycles. The lowest BCUT2D eigenvalue weighted by atomic mass is 10.1. The molecule has 0 spiro atoms. The Morgan fingerprint density at radius 3 is 2.73 bits per heavy atom. The maximum atomic E-state index is 11.6. The molecular formula is C16H17ClN2O3. The van der Waals surface area contributed by atoms with E-state index < -0.39 is 6.10 Å². The molecule has 0 saturated heterocycles. The first-order valence-electron chi connectivity index (χ1n) is 7.04. The largest absolute Gasteiger partial charge is 0.394 e. The predicted molar refractivity (Wildman–Crippen MR) is 87.6 cm³/mol. The highest BCUT2D eigenvalue weighted by molar-refractivity contribution is 6.37. The van der Waals surface area contributed by atoms with Crippen molar-refractivity contribution in [1.29, 1.82) is 0 Å². The second kappa shape index (κ2) is 5.43. The van der Waals surface area contributed by atoms with Crippen LogP contribution in [0.2, 0.25) is 5.02 Å². The zero-order valence-electron chi connectivity index (χ0n) is 12.4. The highest BCUT2D eigenvalue weighted by Crippen LogP contribution is 2.34. The number of aryl methyl sites for hydroxylation is 1. The second-order valence-corrected chi connectivity index (χ2v) is 5.93. The number of aliphatic hydroxyl groups is 2. The molecule has 6 heteroatoms. The van der Waals surface area contributed by atoms with Gasteiger partial charge in [-0.3, -0.25) is 4.79 Å². The van der Waals surface area contributed by atoms with Gasteiger partial charge in [-0.2, -0.15) is 0 Å². The van der Waals surface area contributed by atoms with Crippen LogP contribution in [-0.4, -0.2) is 32.5 Å². The van der Waals surface area contributed by atoms with Crippen LogP contribution in [-0.2, 0) is 6.54 Å². The van der Waals surface area contributed by atoms with Crippen LogP contribution in [0, 0.1) is 13.8 Å². The Labute approximate surface area is 131 Å². The second-order valence-electron chi connectivity index (χ2n) is 5.52. The Kier molecular flexibility index (Phi) is 3.72. The number of fused-ring (bicyclic) bond motifs is 3. The number of aromatic nitrogens is 2. The van der Waals surface area contributed by atoms with Crippen LogP contribution in [0.3, 0.4) is 0 Å². The number of benzene rings is 1. The zero-order valence-corrected chi connectivity index (χ0v) is 13.1. The van der Waals surface area contributed by atoms with E-state index in [1.165, 1.54) is 6.07 Å². The van der Waals surface area contributed by atoms with E-state index in [-0.39, 0.29) is 12.2 Å². The van der Waals surface area contributed by atoms with Crippen molar-refractivity contribution in [3.63, 3.8) is 0 Å². The molecule has 0 unspecified atom stereocenters. The molecule has 116 valence electrons. The first-order chi connectivity index (χ1) is 10.4. The highest BCUT2D eigenvalue weighted by Gasteiger charge is 2.17. The molecule has 0 amide bonds. The van der Waals surface area contributed by atoms with Gasteiger partial charge in [0, 0.05) is 28.0 Å². The fourth-order valence-electron chi connectivity index (χ4n) is 2.97. The molecule has 1 aromatic carbocycles. The van der Waals surface area contributed by atoms with Crippen molar-refractivity contribution in [3.8, 4) is 0 Å². The lowest BCUT2D eigenvalue weighted by Crippen LogP contribution is -2.20. The average molecular weight is 321 g/mol. The summed E-state index contributed by atoms with van der Waals surface area (Å²) in [6.07, 6.45) is -0.824. The Morgan fingerprint density at radius 2 is 2.05 bits per heavy atom. The van der Waals surface area contributed by atoms with Crippen molar-refractivity contribution in [2.45, 2.75) is 26.5 Å². The zero-order chi connectivity index (χ0) is 16.0. The van der Waals surface area contributed by atoms with Crippen molar-refractivity contribution in [1.82, 2.24) is 9.55 Å². The highest BCUT2D eigenvalue weighted by atomic mass is 35.5. The minimum Gasteiger partial charge on any atom is -0.394 e. The number of pyridine rings is 1. The van der Waals surface area contributed by atoms with Crippen LogP contribution >= 0.6 is 11.6 Å². The first-order valence-corrected chi connectivity index (χ1v) is 7.41. The number of aliphatic hydroxyl groups excluding tert-OH is 2. The Bertz CT molecular complexity index is 927. The van der Waals surface area contributed by atoms with Gasteiger partial charge in [-0.15, -0.1) is 0 Å². The third-order valence-corrected chi connectivity index (χ3v) is 4.45. The van der Waals surface area contributed by atoms with Gasteiger partial charge in [0.25, 0.3) is 0 Å². The summed E-state index contributed by atoms with van der Waals surface area (Å²) in [5.41, 5.74) is 3.41. The number of H-pyrrole nitrogens is 1. The van der Waals surface area contributed by atoms with Crippen LogP contribution in [0.15, 0.2) is 23.0 Å². The van der Waals surface area contributed by atoms with Gasteiger partial charge < -0.3 is 19.8 Å². The van der Waals surface area contributed by atoms with E-state index in [1.807, 2.05) is 30.5 Å². The lowest BCUT2D eigenvalue weighted by molar-refractivity contribution is 0.0818. The topological polar surface area (TPSA) is 78.2 Å². The number of aromatic amines is 1. The van der Waals surface area contributed by atoms with Crippen LogP contribution < -0.4 is 5.56 Å². The standard InChI is InChI=1S/C16H17ClN2O3/c1-8-9(2)19(6-10(21)7-20)13-4-3-12-16(15(8)13)11(17)5-14(22)18-12/h3-5,10,20-21H,6-7H2,1-2H3,(H,18,22)/t10-/m0/s1. The van der Waals surface area contributed by atoms with Gasteiger partial charge in [0.1, 0.15) is 0 Å². The third-order valence-electron chi connectivity index (χ3n) is 4.16. The van der Waals surface area contributed by atoms with E-state index in [0.29, 0.717) is 17.1 Å². The van der Waals surface area contributed by atoms with Crippen LogP contribution in [0.4, 0.5) is 0 Å². The summed E-state index contributed by atoms with van der Waals surface area (Å²) in [7, 11) is 0. The molecule has 1 atom stereocenters. The summed E-state index contributed by atoms with van der Waals surface area (Å²) in [6, 6.07) is 5.08. The Hall–Kier alpha value is -1.82. The van der Waals surface area contributed by atoms with E-state index in [0.717, 1.165) is 27.5 Å². The van der Waals surface area contributed by atoms with E-state index in [9.17, 15) is 9.90 Å². The van der Waals surface area contributed by atoms with Crippen molar-refractivity contribution in [3.05, 3.63) is 44.8 Å². The summed E-state index contributed by atoms with van der Waals surface area (Å²) in [5, 5.41) is 21.0. The molecule has 0 aliphatic carbocycles. The van der Waals surface area contributed by atoms with Crippen molar-refractivity contribution >= 4 is 33.4 Å². The molecule has 22 heavy (non-hydrogen) atoms. The number of hydrogen-bond acceptors (Lipinski definition) is 3. The molecule has 5 nitrogen and oxygen atoms in total. The monoisotopic (exact) mass is 320 g/mol. The number of rotatable bonds is 3. The number of hydrogen-bond donors (Lipinski definition) is 3. The average Bonchev–Trinajstić information content (AvgIpc) is 2.71. The van der Waals surface area contributed by atoms with Gasteiger partial charge in [-0.25, -0.2) is 0 Å². The van der Waals surface area contributed by atoms with E-state index in [1.54, 1.807) is 0 Å². The maximum absolute atomic E-state index is 11.6. The minimum atomic E-state index is -0.824. The fourth-order valence-corrected chi connectivity index (χ4v) is 3.27. The fraction of sp³-hybridized carbons (Fsp3) is 0.312. The van der Waals surface area contributed by atoms with Gasteiger partial charge in [0.05, 0.1) is 29.8 Å². The van der Waals surface area contributed by atoms with E-state index in [4.69, 9.17) is 16.7 Å². The van der Waals surface area contributed by atoms with Gasteiger partial charge in [-0.05, 0) is 31.5 Å². The molecule has 3 N–H and O–H groups in total. The third kappa shape index (κ3) is 2.22. The van der Waals surface area contributed by atoms with Crippen LogP contribution in [0.1, 0.15) is 11.3 Å². The SMILES string of the molecule is Cc1c(C)n(C[C@H](O)CO)c2ccc3[nH]c(=O)cc(Cl)c3c12. The summed E-state index contributed by atoms with van der Waals surface area (Å²) >= 11 is 6.29. The van der Waals surface area contributed by atoms with Gasteiger partial charge >= 0.3 is 0 Å². The van der Waals surface area contributed by atoms with Crippen molar-refractivity contribution < 1.29 is 10.2 Å². The summed E-state index contributed by atoms with van der Waals surface area (Å²) in [5.74, 6) is 0. The lowest BCUT2D eigenvalue weighted by Gasteiger charge is -2.12. The van der Waals surface area contributed by atoms with Gasteiger partial charge in [0.15, 0.2) is 0 Å². The van der Waals surface area contributed by atoms with E-state index >= 15 is 0 Å². The molecule has 0 saturated carbocycles. The number of halogens is 1. The molecular weight excluding hydrogens is 304 g/mol. The molecule has 2 aromatic heterocycles. The van der Waals surface area contributed by atoms with E-state index in [2.05, 4.69) is 4.98 Å². The number of nitrogens with one attached hydrogen (secondary N) is 1. The van der Waals surface area contributed by atoms with Crippen LogP contribution in [0.5, 0.6) is 0 Å². The summed E-state index contributed by atoms with van der Waals surface area (Å²) < 4.78 is 1.96. The maximum Gasteiger partial charge on any atom is 0.249 e. The molecule has 3 rings (SSSR count). The first kappa shape index (κ1) is 15.1. The summed E-state index contributed by atoms with van der Waals surface area (Å²) in [4.78, 5) is 14.4. The predicted octanol–water partition coefficient (Wildman–Crippen LogP) is 2.11. The minimum absolute atomic E-state index is 0.235. The van der Waals surface area contributed by atoms with Crippen LogP contribution in [0.25, 0.3) is 21.8 Å². The Morgan fingerprint density at radius 1 is 1.32 bits per heavy atom.